The lowest BCUT2D eigenvalue weighted by Crippen LogP contribution is -2.44. The molecule has 0 bridgehead atoms. The van der Waals surface area contributed by atoms with Crippen LogP contribution in [0.25, 0.3) is 0 Å². The fourth-order valence-corrected chi connectivity index (χ4v) is 3.39. The Morgan fingerprint density at radius 3 is 2.52 bits per heavy atom. The molecule has 4 rings (SSSR count). The number of pyridine rings is 1. The SMILES string of the molecule is O=C(Nc1ccc(Oc2ccncc2)cc1)C(=O)N1CCC[C@H](c2ccn[nH]2)C1. The number of carbonyl (C=O) groups is 2. The smallest absolute Gasteiger partial charge is 0.313 e. The van der Waals surface area contributed by atoms with Crippen LogP contribution in [-0.4, -0.2) is 45.0 Å². The van der Waals surface area contributed by atoms with Gasteiger partial charge in [-0.05, 0) is 55.3 Å². The molecule has 1 aliphatic heterocycles. The summed E-state index contributed by atoms with van der Waals surface area (Å²) in [6, 6.07) is 12.3. The summed E-state index contributed by atoms with van der Waals surface area (Å²) in [5.41, 5.74) is 1.53. The Morgan fingerprint density at radius 1 is 1.03 bits per heavy atom. The number of likely N-dealkylation sites (tertiary alicyclic amines) is 1. The van der Waals surface area contributed by atoms with Gasteiger partial charge in [-0.3, -0.25) is 19.7 Å². The molecule has 29 heavy (non-hydrogen) atoms. The molecule has 1 aromatic carbocycles. The van der Waals surface area contributed by atoms with E-state index in [1.165, 1.54) is 0 Å². The molecule has 3 aromatic rings. The number of benzene rings is 1. The number of aromatic amines is 1. The van der Waals surface area contributed by atoms with Crippen LogP contribution >= 0.6 is 0 Å². The van der Waals surface area contributed by atoms with Crippen LogP contribution in [-0.2, 0) is 9.59 Å². The second-order valence-corrected chi connectivity index (χ2v) is 6.87. The highest BCUT2D eigenvalue weighted by atomic mass is 16.5. The van der Waals surface area contributed by atoms with Crippen molar-refractivity contribution in [1.82, 2.24) is 20.1 Å². The first-order valence-electron chi connectivity index (χ1n) is 9.46. The number of carbonyl (C=O) groups excluding carboxylic acids is 2. The lowest BCUT2D eigenvalue weighted by Gasteiger charge is -2.31. The molecule has 2 N–H and O–H groups in total. The number of anilines is 1. The lowest BCUT2D eigenvalue weighted by molar-refractivity contribution is -0.144. The topological polar surface area (TPSA) is 100 Å². The van der Waals surface area contributed by atoms with Gasteiger partial charge in [0.1, 0.15) is 11.5 Å². The van der Waals surface area contributed by atoms with E-state index in [-0.39, 0.29) is 5.92 Å². The van der Waals surface area contributed by atoms with Gasteiger partial charge in [0, 0.05) is 49.0 Å². The molecular formula is C21H21N5O3. The van der Waals surface area contributed by atoms with Crippen LogP contribution in [0.3, 0.4) is 0 Å². The third-order valence-electron chi connectivity index (χ3n) is 4.86. The van der Waals surface area contributed by atoms with E-state index in [9.17, 15) is 9.59 Å². The molecular weight excluding hydrogens is 370 g/mol. The van der Waals surface area contributed by atoms with Gasteiger partial charge >= 0.3 is 11.8 Å². The van der Waals surface area contributed by atoms with Crippen molar-refractivity contribution in [1.29, 1.82) is 0 Å². The van der Waals surface area contributed by atoms with Crippen LogP contribution in [0.15, 0.2) is 61.1 Å². The zero-order valence-corrected chi connectivity index (χ0v) is 15.7. The minimum atomic E-state index is -0.641. The van der Waals surface area contributed by atoms with E-state index in [0.717, 1.165) is 18.5 Å². The van der Waals surface area contributed by atoms with Gasteiger partial charge in [-0.25, -0.2) is 0 Å². The van der Waals surface area contributed by atoms with Gasteiger partial charge in [-0.15, -0.1) is 0 Å². The van der Waals surface area contributed by atoms with Crippen LogP contribution in [0, 0.1) is 0 Å². The molecule has 0 unspecified atom stereocenters. The van der Waals surface area contributed by atoms with Crippen LogP contribution < -0.4 is 10.1 Å². The molecule has 2 amide bonds. The number of nitrogens with one attached hydrogen (secondary N) is 2. The molecule has 1 saturated heterocycles. The molecule has 1 fully saturated rings. The number of hydrogen-bond donors (Lipinski definition) is 2. The second-order valence-electron chi connectivity index (χ2n) is 6.87. The Bertz CT molecular complexity index is 958. The third-order valence-corrected chi connectivity index (χ3v) is 4.86. The maximum atomic E-state index is 12.6. The summed E-state index contributed by atoms with van der Waals surface area (Å²) in [5.74, 6) is 0.305. The number of hydrogen-bond acceptors (Lipinski definition) is 5. The first kappa shape index (κ1) is 18.7. The average Bonchev–Trinajstić information content (AvgIpc) is 3.30. The van der Waals surface area contributed by atoms with Crippen LogP contribution in [0.2, 0.25) is 0 Å². The van der Waals surface area contributed by atoms with E-state index in [2.05, 4.69) is 20.5 Å². The molecule has 0 aliphatic carbocycles. The number of nitrogens with zero attached hydrogens (tertiary/aromatic N) is 3. The summed E-state index contributed by atoms with van der Waals surface area (Å²) in [5, 5.41) is 9.59. The summed E-state index contributed by atoms with van der Waals surface area (Å²) in [4.78, 5) is 30.5. The van der Waals surface area contributed by atoms with Crippen molar-refractivity contribution in [3.8, 4) is 11.5 Å². The maximum absolute atomic E-state index is 12.6. The quantitative estimate of drug-likeness (QED) is 0.666. The Kier molecular flexibility index (Phi) is 5.51. The molecule has 1 atom stereocenters. The second kappa shape index (κ2) is 8.55. The van der Waals surface area contributed by atoms with Gasteiger partial charge in [-0.2, -0.15) is 5.10 Å². The highest BCUT2D eigenvalue weighted by molar-refractivity contribution is 6.39. The number of piperidine rings is 1. The third kappa shape index (κ3) is 4.60. The monoisotopic (exact) mass is 391 g/mol. The normalized spacial score (nSPS) is 16.3. The van der Waals surface area contributed by atoms with E-state index in [1.807, 2.05) is 6.07 Å². The number of amides is 2. The summed E-state index contributed by atoms with van der Waals surface area (Å²) in [6.45, 7) is 1.09. The molecule has 0 saturated carbocycles. The van der Waals surface area contributed by atoms with Crippen LogP contribution in [0.1, 0.15) is 24.5 Å². The van der Waals surface area contributed by atoms with Crippen molar-refractivity contribution < 1.29 is 14.3 Å². The summed E-state index contributed by atoms with van der Waals surface area (Å²) < 4.78 is 5.69. The Hall–Kier alpha value is -3.68. The van der Waals surface area contributed by atoms with E-state index >= 15 is 0 Å². The molecule has 148 valence electrons. The van der Waals surface area contributed by atoms with Crippen molar-refractivity contribution in [3.05, 3.63) is 66.7 Å². The van der Waals surface area contributed by atoms with Gasteiger partial charge in [0.15, 0.2) is 0 Å². The average molecular weight is 391 g/mol. The lowest BCUT2D eigenvalue weighted by atomic mass is 9.95. The Balaban J connectivity index is 1.34. The van der Waals surface area contributed by atoms with Crippen molar-refractivity contribution in [2.24, 2.45) is 0 Å². The minimum absolute atomic E-state index is 0.174. The van der Waals surface area contributed by atoms with Crippen molar-refractivity contribution in [2.45, 2.75) is 18.8 Å². The van der Waals surface area contributed by atoms with Gasteiger partial charge in [0.25, 0.3) is 0 Å². The predicted molar refractivity (Wildman–Crippen MR) is 107 cm³/mol. The predicted octanol–water partition coefficient (Wildman–Crippen LogP) is 2.94. The van der Waals surface area contributed by atoms with Crippen LogP contribution in [0.5, 0.6) is 11.5 Å². The zero-order chi connectivity index (χ0) is 20.1. The summed E-state index contributed by atoms with van der Waals surface area (Å²) >= 11 is 0. The van der Waals surface area contributed by atoms with Gasteiger partial charge in [-0.1, -0.05) is 0 Å². The molecule has 8 nitrogen and oxygen atoms in total. The van der Waals surface area contributed by atoms with Gasteiger partial charge < -0.3 is 15.0 Å². The maximum Gasteiger partial charge on any atom is 0.313 e. The van der Waals surface area contributed by atoms with Crippen molar-refractivity contribution in [2.75, 3.05) is 18.4 Å². The minimum Gasteiger partial charge on any atom is -0.457 e. The van der Waals surface area contributed by atoms with E-state index < -0.39 is 11.8 Å². The van der Waals surface area contributed by atoms with E-state index in [4.69, 9.17) is 4.74 Å². The number of aromatic nitrogens is 3. The van der Waals surface area contributed by atoms with Crippen molar-refractivity contribution >= 4 is 17.5 Å². The molecule has 3 heterocycles. The fourth-order valence-electron chi connectivity index (χ4n) is 3.39. The summed E-state index contributed by atoms with van der Waals surface area (Å²) in [7, 11) is 0. The molecule has 0 radical (unpaired) electrons. The Labute approximate surface area is 167 Å². The molecule has 0 spiro atoms. The number of H-pyrrole nitrogens is 1. The first-order chi connectivity index (χ1) is 14.2. The van der Waals surface area contributed by atoms with Gasteiger partial charge in [0.05, 0.1) is 0 Å². The molecule has 2 aromatic heterocycles. The highest BCUT2D eigenvalue weighted by Gasteiger charge is 2.29. The van der Waals surface area contributed by atoms with Crippen LogP contribution in [0.4, 0.5) is 5.69 Å². The fraction of sp³-hybridized carbons (Fsp3) is 0.238. The van der Waals surface area contributed by atoms with E-state index in [1.54, 1.807) is 59.9 Å². The van der Waals surface area contributed by atoms with Crippen molar-refractivity contribution in [3.63, 3.8) is 0 Å². The molecule has 1 aliphatic rings. The standard InChI is InChI=1S/C21H21N5O3/c27-20(21(28)26-13-1-2-15(14-26)19-9-12-23-25-19)24-16-3-5-17(6-4-16)29-18-7-10-22-11-8-18/h3-12,15H,1-2,13-14H2,(H,23,25)(H,24,27)/t15-/m0/s1. The highest BCUT2D eigenvalue weighted by Crippen LogP contribution is 2.26. The van der Waals surface area contributed by atoms with E-state index in [0.29, 0.717) is 30.3 Å². The number of rotatable bonds is 4. The zero-order valence-electron chi connectivity index (χ0n) is 15.7. The van der Waals surface area contributed by atoms with Gasteiger partial charge in [0.2, 0.25) is 0 Å². The largest absolute Gasteiger partial charge is 0.457 e. The summed E-state index contributed by atoms with van der Waals surface area (Å²) in [6.07, 6.45) is 6.81. The first-order valence-corrected chi connectivity index (χ1v) is 9.46. The molecule has 8 heteroatoms. The Morgan fingerprint density at radius 2 is 1.79 bits per heavy atom. The number of ether oxygens (including phenoxy) is 1.